The Hall–Kier alpha value is -1.88. The molecule has 1 N–H and O–H groups in total. The van der Waals surface area contributed by atoms with E-state index < -0.39 is 0 Å². The van der Waals surface area contributed by atoms with E-state index in [1.54, 1.807) is 25.4 Å². The van der Waals surface area contributed by atoms with Crippen molar-refractivity contribution in [3.63, 3.8) is 0 Å². The first kappa shape index (κ1) is 14.5. The molecule has 2 rings (SSSR count). The van der Waals surface area contributed by atoms with E-state index >= 15 is 0 Å². The summed E-state index contributed by atoms with van der Waals surface area (Å²) >= 11 is 3.24. The molecule has 0 unspecified atom stereocenters. The largest absolute Gasteiger partial charge is 0.496 e. The number of aromatic nitrogens is 1. The van der Waals surface area contributed by atoms with Gasteiger partial charge in [-0.25, -0.2) is 4.98 Å². The summed E-state index contributed by atoms with van der Waals surface area (Å²) in [6.45, 7) is 0.551. The molecule has 4 nitrogen and oxygen atoms in total. The Labute approximate surface area is 126 Å². The Morgan fingerprint density at radius 1 is 1.30 bits per heavy atom. The summed E-state index contributed by atoms with van der Waals surface area (Å²) < 4.78 is 5.98. The van der Waals surface area contributed by atoms with Crippen LogP contribution in [0.1, 0.15) is 15.9 Å². The quantitative estimate of drug-likeness (QED) is 0.855. The average molecular weight is 335 g/mol. The van der Waals surface area contributed by atoms with Crippen molar-refractivity contribution in [3.05, 3.63) is 58.3 Å². The predicted octanol–water partition coefficient (Wildman–Crippen LogP) is 2.83. The minimum absolute atomic E-state index is 0.125. The van der Waals surface area contributed by atoms with Crippen LogP contribution in [0.2, 0.25) is 0 Å². The van der Waals surface area contributed by atoms with Gasteiger partial charge in [0.05, 0.1) is 12.7 Å². The Kier molecular flexibility index (Phi) is 5.12. The molecular formula is C15H15BrN2O2. The molecule has 1 aromatic carbocycles. The monoisotopic (exact) mass is 334 g/mol. The van der Waals surface area contributed by atoms with Crippen molar-refractivity contribution in [3.8, 4) is 5.75 Å². The van der Waals surface area contributed by atoms with Gasteiger partial charge in [0.25, 0.3) is 5.91 Å². The van der Waals surface area contributed by atoms with E-state index in [-0.39, 0.29) is 5.91 Å². The van der Waals surface area contributed by atoms with E-state index in [0.29, 0.717) is 16.7 Å². The second-order valence-electron chi connectivity index (χ2n) is 4.19. The van der Waals surface area contributed by atoms with E-state index in [1.165, 1.54) is 0 Å². The molecule has 104 valence electrons. The number of amides is 1. The molecule has 20 heavy (non-hydrogen) atoms. The molecule has 0 aliphatic carbocycles. The summed E-state index contributed by atoms with van der Waals surface area (Å²) in [5, 5.41) is 2.87. The van der Waals surface area contributed by atoms with Gasteiger partial charge in [-0.2, -0.15) is 0 Å². The van der Waals surface area contributed by atoms with Crippen LogP contribution >= 0.6 is 15.9 Å². The molecule has 1 heterocycles. The van der Waals surface area contributed by atoms with Gasteiger partial charge >= 0.3 is 0 Å². The van der Waals surface area contributed by atoms with Gasteiger partial charge in [0.1, 0.15) is 10.4 Å². The number of hydrogen-bond donors (Lipinski definition) is 1. The molecule has 2 aromatic rings. The number of pyridine rings is 1. The molecule has 0 bridgehead atoms. The minimum atomic E-state index is -0.125. The molecule has 0 aliphatic heterocycles. The van der Waals surface area contributed by atoms with Crippen molar-refractivity contribution in [2.75, 3.05) is 13.7 Å². The number of ether oxygens (including phenoxy) is 1. The van der Waals surface area contributed by atoms with E-state index in [0.717, 1.165) is 17.7 Å². The van der Waals surface area contributed by atoms with Crippen LogP contribution in [0.4, 0.5) is 0 Å². The van der Waals surface area contributed by atoms with Crippen LogP contribution in [0.5, 0.6) is 5.75 Å². The van der Waals surface area contributed by atoms with Crippen molar-refractivity contribution >= 4 is 21.8 Å². The van der Waals surface area contributed by atoms with Crippen molar-refractivity contribution < 1.29 is 9.53 Å². The standard InChI is InChI=1S/C15H15BrN2O2/c1-20-13-5-3-2-4-11(13)8-9-17-15(19)12-6-7-14(16)18-10-12/h2-7,10H,8-9H2,1H3,(H,17,19). The second kappa shape index (κ2) is 7.05. The normalized spacial score (nSPS) is 10.1. The SMILES string of the molecule is COc1ccccc1CCNC(=O)c1ccc(Br)nc1. The summed E-state index contributed by atoms with van der Waals surface area (Å²) in [5.41, 5.74) is 1.62. The van der Waals surface area contributed by atoms with Crippen LogP contribution in [-0.4, -0.2) is 24.5 Å². The number of carbonyl (C=O) groups is 1. The number of rotatable bonds is 5. The predicted molar refractivity (Wildman–Crippen MR) is 81.0 cm³/mol. The van der Waals surface area contributed by atoms with Crippen LogP contribution in [0, 0.1) is 0 Å². The molecule has 0 fully saturated rings. The van der Waals surface area contributed by atoms with Gasteiger partial charge < -0.3 is 10.1 Å². The summed E-state index contributed by atoms with van der Waals surface area (Å²) in [6, 6.07) is 11.3. The van der Waals surface area contributed by atoms with Crippen LogP contribution in [0.25, 0.3) is 0 Å². The number of carbonyl (C=O) groups excluding carboxylic acids is 1. The first-order valence-electron chi connectivity index (χ1n) is 6.22. The molecule has 1 aromatic heterocycles. The van der Waals surface area contributed by atoms with Crippen molar-refractivity contribution in [2.45, 2.75) is 6.42 Å². The van der Waals surface area contributed by atoms with Crippen LogP contribution in [0.15, 0.2) is 47.2 Å². The molecule has 0 aliphatic rings. The van der Waals surface area contributed by atoms with Crippen LogP contribution < -0.4 is 10.1 Å². The number of halogens is 1. The summed E-state index contributed by atoms with van der Waals surface area (Å²) in [5.74, 6) is 0.715. The van der Waals surface area contributed by atoms with Crippen molar-refractivity contribution in [1.82, 2.24) is 10.3 Å². The Morgan fingerprint density at radius 2 is 2.10 bits per heavy atom. The van der Waals surface area contributed by atoms with Gasteiger partial charge in [-0.3, -0.25) is 4.79 Å². The smallest absolute Gasteiger partial charge is 0.252 e. The molecule has 5 heteroatoms. The highest BCUT2D eigenvalue weighted by atomic mass is 79.9. The lowest BCUT2D eigenvalue weighted by atomic mass is 10.1. The maximum Gasteiger partial charge on any atom is 0.252 e. The van der Waals surface area contributed by atoms with Gasteiger partial charge in [0.2, 0.25) is 0 Å². The zero-order valence-electron chi connectivity index (χ0n) is 11.1. The molecule has 0 radical (unpaired) electrons. The Bertz CT molecular complexity index is 585. The van der Waals surface area contributed by atoms with Crippen LogP contribution in [0.3, 0.4) is 0 Å². The van der Waals surface area contributed by atoms with E-state index in [1.807, 2.05) is 24.3 Å². The summed E-state index contributed by atoms with van der Waals surface area (Å²) in [6.07, 6.45) is 2.27. The summed E-state index contributed by atoms with van der Waals surface area (Å²) in [4.78, 5) is 15.9. The number of methoxy groups -OCH3 is 1. The highest BCUT2D eigenvalue weighted by Gasteiger charge is 2.06. The van der Waals surface area contributed by atoms with Gasteiger partial charge in [-0.1, -0.05) is 18.2 Å². The maximum atomic E-state index is 11.9. The van der Waals surface area contributed by atoms with Crippen molar-refractivity contribution in [2.24, 2.45) is 0 Å². The lowest BCUT2D eigenvalue weighted by Gasteiger charge is -2.09. The zero-order valence-corrected chi connectivity index (χ0v) is 12.7. The molecule has 1 amide bonds. The fourth-order valence-corrected chi connectivity index (χ4v) is 2.07. The number of nitrogens with one attached hydrogen (secondary N) is 1. The fourth-order valence-electron chi connectivity index (χ4n) is 1.83. The summed E-state index contributed by atoms with van der Waals surface area (Å²) in [7, 11) is 1.64. The lowest BCUT2D eigenvalue weighted by Crippen LogP contribution is -2.25. The van der Waals surface area contributed by atoms with E-state index in [4.69, 9.17) is 4.74 Å². The molecule has 0 spiro atoms. The number of para-hydroxylation sites is 1. The van der Waals surface area contributed by atoms with Gasteiger partial charge in [0.15, 0.2) is 0 Å². The number of nitrogens with zero attached hydrogens (tertiary/aromatic N) is 1. The van der Waals surface area contributed by atoms with E-state index in [2.05, 4.69) is 26.2 Å². The maximum absolute atomic E-state index is 11.9. The first-order chi connectivity index (χ1) is 9.70. The Morgan fingerprint density at radius 3 is 2.80 bits per heavy atom. The van der Waals surface area contributed by atoms with Gasteiger partial charge in [-0.05, 0) is 46.1 Å². The Balaban J connectivity index is 1.89. The molecule has 0 saturated heterocycles. The van der Waals surface area contributed by atoms with Gasteiger partial charge in [0, 0.05) is 12.7 Å². The van der Waals surface area contributed by atoms with Crippen molar-refractivity contribution in [1.29, 1.82) is 0 Å². The zero-order chi connectivity index (χ0) is 14.4. The second-order valence-corrected chi connectivity index (χ2v) is 5.00. The molecule has 0 atom stereocenters. The molecular weight excluding hydrogens is 320 g/mol. The average Bonchev–Trinajstić information content (AvgIpc) is 2.48. The third-order valence-corrected chi connectivity index (χ3v) is 3.33. The number of hydrogen-bond acceptors (Lipinski definition) is 3. The first-order valence-corrected chi connectivity index (χ1v) is 7.01. The highest BCUT2D eigenvalue weighted by molar-refractivity contribution is 9.10. The highest BCUT2D eigenvalue weighted by Crippen LogP contribution is 2.17. The van der Waals surface area contributed by atoms with Crippen LogP contribution in [-0.2, 0) is 6.42 Å². The molecule has 0 saturated carbocycles. The third kappa shape index (κ3) is 3.81. The minimum Gasteiger partial charge on any atom is -0.496 e. The number of benzene rings is 1. The van der Waals surface area contributed by atoms with E-state index in [9.17, 15) is 4.79 Å². The lowest BCUT2D eigenvalue weighted by molar-refractivity contribution is 0.0953. The van der Waals surface area contributed by atoms with Gasteiger partial charge in [-0.15, -0.1) is 0 Å². The third-order valence-electron chi connectivity index (χ3n) is 2.86. The fraction of sp³-hybridized carbons (Fsp3) is 0.200. The topological polar surface area (TPSA) is 51.2 Å².